The normalized spacial score (nSPS) is 10.4. The molecule has 0 fully saturated rings. The van der Waals surface area contributed by atoms with Crippen LogP contribution in [0, 0.1) is 13.8 Å². The quantitative estimate of drug-likeness (QED) is 0.736. The Morgan fingerprint density at radius 2 is 2.15 bits per heavy atom. The van der Waals surface area contributed by atoms with Gasteiger partial charge in [0, 0.05) is 24.1 Å². The van der Waals surface area contributed by atoms with Gasteiger partial charge in [-0.2, -0.15) is 0 Å². The van der Waals surface area contributed by atoms with Crippen molar-refractivity contribution in [3.63, 3.8) is 0 Å². The zero-order valence-electron chi connectivity index (χ0n) is 7.67. The van der Waals surface area contributed by atoms with E-state index in [1.807, 2.05) is 0 Å². The third-order valence-corrected chi connectivity index (χ3v) is 2.26. The SMILES string of the molecule is Cc1cc(O)n(CCCl)c(=O)c1C. The Morgan fingerprint density at radius 1 is 1.54 bits per heavy atom. The first-order valence-corrected chi connectivity index (χ1v) is 4.57. The fourth-order valence-corrected chi connectivity index (χ4v) is 1.32. The van der Waals surface area contributed by atoms with E-state index in [0.29, 0.717) is 18.0 Å². The topological polar surface area (TPSA) is 42.2 Å². The molecular formula is C9H12ClNO2. The minimum Gasteiger partial charge on any atom is -0.494 e. The summed E-state index contributed by atoms with van der Waals surface area (Å²) in [4.78, 5) is 11.5. The molecule has 1 rings (SSSR count). The molecule has 0 amide bonds. The van der Waals surface area contributed by atoms with Gasteiger partial charge in [0.2, 0.25) is 0 Å². The molecule has 4 heteroatoms. The molecule has 72 valence electrons. The van der Waals surface area contributed by atoms with Gasteiger partial charge >= 0.3 is 0 Å². The fourth-order valence-electron chi connectivity index (χ4n) is 1.16. The minimum absolute atomic E-state index is 0.0197. The van der Waals surface area contributed by atoms with E-state index in [0.717, 1.165) is 5.56 Å². The van der Waals surface area contributed by atoms with Crippen LogP contribution < -0.4 is 5.56 Å². The minimum atomic E-state index is -0.168. The molecule has 0 saturated heterocycles. The number of halogens is 1. The number of pyridine rings is 1. The number of alkyl halides is 1. The van der Waals surface area contributed by atoms with Crippen molar-refractivity contribution in [3.8, 4) is 5.88 Å². The molecule has 0 aliphatic heterocycles. The molecule has 1 aromatic heterocycles. The van der Waals surface area contributed by atoms with E-state index in [2.05, 4.69) is 0 Å². The van der Waals surface area contributed by atoms with Crippen molar-refractivity contribution in [2.75, 3.05) is 5.88 Å². The lowest BCUT2D eigenvalue weighted by molar-refractivity contribution is 0.410. The van der Waals surface area contributed by atoms with Crippen LogP contribution in [0.25, 0.3) is 0 Å². The summed E-state index contributed by atoms with van der Waals surface area (Å²) in [5, 5.41) is 9.43. The van der Waals surface area contributed by atoms with E-state index in [4.69, 9.17) is 11.6 Å². The van der Waals surface area contributed by atoms with E-state index in [-0.39, 0.29) is 11.4 Å². The summed E-state index contributed by atoms with van der Waals surface area (Å²) in [6, 6.07) is 1.57. The van der Waals surface area contributed by atoms with Crippen LogP contribution in [0.3, 0.4) is 0 Å². The third kappa shape index (κ3) is 1.86. The van der Waals surface area contributed by atoms with Crippen molar-refractivity contribution in [2.24, 2.45) is 0 Å². The number of aromatic hydroxyl groups is 1. The number of hydrogen-bond donors (Lipinski definition) is 1. The van der Waals surface area contributed by atoms with Crippen molar-refractivity contribution in [3.05, 3.63) is 27.5 Å². The molecule has 1 heterocycles. The van der Waals surface area contributed by atoms with Crippen molar-refractivity contribution in [1.29, 1.82) is 0 Å². The fraction of sp³-hybridized carbons (Fsp3) is 0.444. The molecular weight excluding hydrogens is 190 g/mol. The molecule has 0 bridgehead atoms. The second-order valence-corrected chi connectivity index (χ2v) is 3.33. The molecule has 0 spiro atoms. The number of rotatable bonds is 2. The van der Waals surface area contributed by atoms with Crippen LogP contribution in [-0.2, 0) is 6.54 Å². The first kappa shape index (κ1) is 10.1. The summed E-state index contributed by atoms with van der Waals surface area (Å²) < 4.78 is 1.27. The van der Waals surface area contributed by atoms with Crippen LogP contribution in [0.1, 0.15) is 11.1 Å². The van der Waals surface area contributed by atoms with E-state index in [9.17, 15) is 9.90 Å². The lowest BCUT2D eigenvalue weighted by Gasteiger charge is -2.09. The van der Waals surface area contributed by atoms with Crippen LogP contribution >= 0.6 is 11.6 Å². The van der Waals surface area contributed by atoms with E-state index < -0.39 is 0 Å². The number of nitrogens with zero attached hydrogens (tertiary/aromatic N) is 1. The van der Waals surface area contributed by atoms with Crippen molar-refractivity contribution in [2.45, 2.75) is 20.4 Å². The summed E-state index contributed by atoms with van der Waals surface area (Å²) in [5.41, 5.74) is 1.29. The van der Waals surface area contributed by atoms with Gasteiger partial charge in [-0.1, -0.05) is 0 Å². The Labute approximate surface area is 81.6 Å². The molecule has 0 atom stereocenters. The Hall–Kier alpha value is -0.960. The highest BCUT2D eigenvalue weighted by Crippen LogP contribution is 2.11. The Bertz CT molecular complexity index is 371. The average molecular weight is 202 g/mol. The summed E-state index contributed by atoms with van der Waals surface area (Å²) in [6.45, 7) is 3.87. The summed E-state index contributed by atoms with van der Waals surface area (Å²) in [6.07, 6.45) is 0. The van der Waals surface area contributed by atoms with Crippen LogP contribution in [0.2, 0.25) is 0 Å². The maximum Gasteiger partial charge on any atom is 0.256 e. The van der Waals surface area contributed by atoms with E-state index in [1.165, 1.54) is 4.57 Å². The number of aromatic nitrogens is 1. The molecule has 0 aliphatic carbocycles. The molecule has 0 saturated carbocycles. The van der Waals surface area contributed by atoms with Crippen molar-refractivity contribution < 1.29 is 5.11 Å². The van der Waals surface area contributed by atoms with Crippen LogP contribution in [-0.4, -0.2) is 15.6 Å². The highest BCUT2D eigenvalue weighted by Gasteiger charge is 2.07. The zero-order valence-corrected chi connectivity index (χ0v) is 8.43. The second kappa shape index (κ2) is 3.83. The Balaban J connectivity index is 3.35. The summed E-state index contributed by atoms with van der Waals surface area (Å²) in [5.74, 6) is 0.296. The Morgan fingerprint density at radius 3 is 2.69 bits per heavy atom. The molecule has 0 aliphatic rings. The average Bonchev–Trinajstić information content (AvgIpc) is 2.09. The summed E-state index contributed by atoms with van der Waals surface area (Å²) >= 11 is 5.50. The smallest absolute Gasteiger partial charge is 0.256 e. The summed E-state index contributed by atoms with van der Waals surface area (Å²) in [7, 11) is 0. The molecule has 1 N–H and O–H groups in total. The first-order chi connectivity index (χ1) is 6.07. The monoisotopic (exact) mass is 201 g/mol. The maximum absolute atomic E-state index is 11.5. The standard InChI is InChI=1S/C9H12ClNO2/c1-6-5-8(12)11(4-3-10)9(13)7(6)2/h5,12H,3-4H2,1-2H3. The maximum atomic E-state index is 11.5. The van der Waals surface area contributed by atoms with Crippen LogP contribution in [0.15, 0.2) is 10.9 Å². The first-order valence-electron chi connectivity index (χ1n) is 4.04. The van der Waals surface area contributed by atoms with Gasteiger partial charge in [-0.05, 0) is 19.4 Å². The van der Waals surface area contributed by atoms with Gasteiger partial charge in [-0.3, -0.25) is 9.36 Å². The highest BCUT2D eigenvalue weighted by molar-refractivity contribution is 6.17. The van der Waals surface area contributed by atoms with Gasteiger partial charge < -0.3 is 5.11 Å². The highest BCUT2D eigenvalue weighted by atomic mass is 35.5. The number of aryl methyl sites for hydroxylation is 1. The van der Waals surface area contributed by atoms with Gasteiger partial charge in [-0.25, -0.2) is 0 Å². The van der Waals surface area contributed by atoms with Crippen molar-refractivity contribution in [1.82, 2.24) is 4.57 Å². The van der Waals surface area contributed by atoms with Gasteiger partial charge in [0.25, 0.3) is 5.56 Å². The Kier molecular flexibility index (Phi) is 2.98. The number of hydrogen-bond acceptors (Lipinski definition) is 2. The lowest BCUT2D eigenvalue weighted by Crippen LogP contribution is -2.23. The molecule has 1 aromatic rings. The predicted molar refractivity (Wildman–Crippen MR) is 52.6 cm³/mol. The van der Waals surface area contributed by atoms with Gasteiger partial charge in [0.15, 0.2) is 5.88 Å². The van der Waals surface area contributed by atoms with Crippen molar-refractivity contribution >= 4 is 11.6 Å². The molecule has 0 radical (unpaired) electrons. The predicted octanol–water partition coefficient (Wildman–Crippen LogP) is 1.41. The largest absolute Gasteiger partial charge is 0.494 e. The molecule has 13 heavy (non-hydrogen) atoms. The van der Waals surface area contributed by atoms with Crippen LogP contribution in [0.4, 0.5) is 0 Å². The zero-order chi connectivity index (χ0) is 10.0. The van der Waals surface area contributed by atoms with E-state index >= 15 is 0 Å². The van der Waals surface area contributed by atoms with Crippen LogP contribution in [0.5, 0.6) is 5.88 Å². The third-order valence-electron chi connectivity index (χ3n) is 2.09. The van der Waals surface area contributed by atoms with Gasteiger partial charge in [0.1, 0.15) is 0 Å². The molecule has 3 nitrogen and oxygen atoms in total. The van der Waals surface area contributed by atoms with Gasteiger partial charge in [-0.15, -0.1) is 11.6 Å². The van der Waals surface area contributed by atoms with E-state index in [1.54, 1.807) is 19.9 Å². The second-order valence-electron chi connectivity index (χ2n) is 2.96. The van der Waals surface area contributed by atoms with Gasteiger partial charge in [0.05, 0.1) is 0 Å². The molecule has 0 aromatic carbocycles. The molecule has 0 unspecified atom stereocenters. The lowest BCUT2D eigenvalue weighted by atomic mass is 10.2.